The highest BCUT2D eigenvalue weighted by molar-refractivity contribution is 7.80. The molecule has 124 valence electrons. The highest BCUT2D eigenvalue weighted by Crippen LogP contribution is 2.29. The summed E-state index contributed by atoms with van der Waals surface area (Å²) in [7, 11) is 0. The Kier molecular flexibility index (Phi) is 4.97. The third kappa shape index (κ3) is 3.50. The number of thiocarbonyl (C=S) groups is 1. The van der Waals surface area contributed by atoms with E-state index in [4.69, 9.17) is 28.8 Å². The van der Waals surface area contributed by atoms with Gasteiger partial charge >= 0.3 is 0 Å². The molecular formula is C19H18ClFN2S. The number of aliphatic imine (C=N–C) groups is 1. The molecule has 0 fully saturated rings. The van der Waals surface area contributed by atoms with Gasteiger partial charge in [0.05, 0.1) is 5.71 Å². The van der Waals surface area contributed by atoms with E-state index in [1.165, 1.54) is 6.07 Å². The molecule has 0 spiro atoms. The first-order valence-electron chi connectivity index (χ1n) is 7.89. The molecule has 0 saturated heterocycles. The van der Waals surface area contributed by atoms with E-state index in [9.17, 15) is 4.39 Å². The van der Waals surface area contributed by atoms with Crippen LogP contribution in [0.1, 0.15) is 31.4 Å². The van der Waals surface area contributed by atoms with Crippen LogP contribution in [0.25, 0.3) is 0 Å². The highest BCUT2D eigenvalue weighted by atomic mass is 35.5. The zero-order valence-corrected chi connectivity index (χ0v) is 15.1. The second-order valence-corrected chi connectivity index (χ2v) is 7.16. The smallest absolute Gasteiger partial charge is 0.132 e. The maximum atomic E-state index is 14.4. The fourth-order valence-corrected chi connectivity index (χ4v) is 3.23. The fourth-order valence-electron chi connectivity index (χ4n) is 2.80. The summed E-state index contributed by atoms with van der Waals surface area (Å²) in [5.41, 5.74) is 2.61. The minimum Gasteiger partial charge on any atom is -0.348 e. The SMILES string of the molecule is CC(C)CC1N=C(c2ccccc2F)c2cc(Cl)ccc2NC1=S. The molecule has 5 heteroatoms. The largest absolute Gasteiger partial charge is 0.348 e. The van der Waals surface area contributed by atoms with Crippen LogP contribution in [0.5, 0.6) is 0 Å². The number of anilines is 1. The molecule has 0 bridgehead atoms. The Hall–Kier alpha value is -1.78. The first kappa shape index (κ1) is 17.1. The molecule has 0 amide bonds. The average Bonchev–Trinajstić information content (AvgIpc) is 2.65. The van der Waals surface area contributed by atoms with Crippen molar-refractivity contribution in [1.82, 2.24) is 0 Å². The van der Waals surface area contributed by atoms with Crippen LogP contribution >= 0.6 is 23.8 Å². The van der Waals surface area contributed by atoms with Crippen LogP contribution in [0.2, 0.25) is 5.02 Å². The van der Waals surface area contributed by atoms with Crippen LogP contribution < -0.4 is 5.32 Å². The van der Waals surface area contributed by atoms with Crippen molar-refractivity contribution in [2.24, 2.45) is 10.9 Å². The lowest BCUT2D eigenvalue weighted by Gasteiger charge is -2.15. The lowest BCUT2D eigenvalue weighted by molar-refractivity contribution is 0.564. The molecule has 3 rings (SSSR count). The summed E-state index contributed by atoms with van der Waals surface area (Å²) in [6.07, 6.45) is 0.797. The van der Waals surface area contributed by atoms with Crippen LogP contribution in [0.4, 0.5) is 10.1 Å². The van der Waals surface area contributed by atoms with Crippen LogP contribution in [-0.4, -0.2) is 16.7 Å². The molecule has 24 heavy (non-hydrogen) atoms. The molecular weight excluding hydrogens is 343 g/mol. The van der Waals surface area contributed by atoms with E-state index >= 15 is 0 Å². The monoisotopic (exact) mass is 360 g/mol. The Morgan fingerprint density at radius 3 is 2.67 bits per heavy atom. The number of benzene rings is 2. The summed E-state index contributed by atoms with van der Waals surface area (Å²) in [5.74, 6) is 0.114. The van der Waals surface area contributed by atoms with Gasteiger partial charge in [0.15, 0.2) is 0 Å². The Labute approximate surface area is 151 Å². The van der Waals surface area contributed by atoms with Crippen molar-refractivity contribution in [2.75, 3.05) is 5.32 Å². The third-order valence-electron chi connectivity index (χ3n) is 3.91. The normalized spacial score (nSPS) is 17.1. The maximum absolute atomic E-state index is 14.4. The van der Waals surface area contributed by atoms with Crippen LogP contribution in [0.3, 0.4) is 0 Å². The Balaban J connectivity index is 2.21. The second-order valence-electron chi connectivity index (χ2n) is 6.28. The van der Waals surface area contributed by atoms with E-state index in [0.717, 1.165) is 17.7 Å². The molecule has 1 N–H and O–H groups in total. The summed E-state index contributed by atoms with van der Waals surface area (Å²) in [4.78, 5) is 5.48. The molecule has 1 atom stereocenters. The standard InChI is InChI=1S/C19H18ClFN2S/c1-11(2)9-17-19(24)23-16-8-7-12(20)10-14(16)18(22-17)13-5-3-4-6-15(13)21/h3-8,10-11,17H,9H2,1-2H3,(H,23,24). The summed E-state index contributed by atoms with van der Waals surface area (Å²) < 4.78 is 14.4. The fraction of sp³-hybridized carbons (Fsp3) is 0.263. The van der Waals surface area contributed by atoms with Gasteiger partial charge in [0.25, 0.3) is 0 Å². The van der Waals surface area contributed by atoms with Crippen molar-refractivity contribution >= 4 is 40.2 Å². The van der Waals surface area contributed by atoms with Crippen LogP contribution in [0, 0.1) is 11.7 Å². The van der Waals surface area contributed by atoms with Gasteiger partial charge < -0.3 is 5.32 Å². The van der Waals surface area contributed by atoms with Crippen LogP contribution in [-0.2, 0) is 0 Å². The van der Waals surface area contributed by atoms with Gasteiger partial charge in [-0.2, -0.15) is 0 Å². The zero-order valence-electron chi connectivity index (χ0n) is 13.5. The molecule has 0 radical (unpaired) electrons. The van der Waals surface area contributed by atoms with Gasteiger partial charge in [-0.15, -0.1) is 0 Å². The Bertz CT molecular complexity index is 817. The molecule has 1 aliphatic heterocycles. The van der Waals surface area contributed by atoms with Crippen LogP contribution in [0.15, 0.2) is 47.5 Å². The van der Waals surface area contributed by atoms with Gasteiger partial charge in [0.2, 0.25) is 0 Å². The van der Waals surface area contributed by atoms with E-state index in [0.29, 0.717) is 27.2 Å². The zero-order chi connectivity index (χ0) is 17.3. The van der Waals surface area contributed by atoms with E-state index in [2.05, 4.69) is 19.2 Å². The van der Waals surface area contributed by atoms with Crippen molar-refractivity contribution in [1.29, 1.82) is 0 Å². The van der Waals surface area contributed by atoms with Gasteiger partial charge in [-0.05, 0) is 42.7 Å². The molecule has 0 saturated carbocycles. The maximum Gasteiger partial charge on any atom is 0.132 e. The van der Waals surface area contributed by atoms with Crippen molar-refractivity contribution in [3.8, 4) is 0 Å². The van der Waals surface area contributed by atoms with Gasteiger partial charge in [-0.3, -0.25) is 4.99 Å². The molecule has 1 heterocycles. The van der Waals surface area contributed by atoms with Gasteiger partial charge in [0, 0.05) is 21.8 Å². The summed E-state index contributed by atoms with van der Waals surface area (Å²) in [6.45, 7) is 4.24. The number of rotatable bonds is 3. The van der Waals surface area contributed by atoms with E-state index in [-0.39, 0.29) is 11.9 Å². The quantitative estimate of drug-likeness (QED) is 0.732. The summed E-state index contributed by atoms with van der Waals surface area (Å²) >= 11 is 11.7. The summed E-state index contributed by atoms with van der Waals surface area (Å²) in [6, 6.07) is 11.9. The first-order valence-corrected chi connectivity index (χ1v) is 8.68. The first-order chi connectivity index (χ1) is 11.5. The average molecular weight is 361 g/mol. The summed E-state index contributed by atoms with van der Waals surface area (Å²) in [5, 5.41) is 3.84. The Morgan fingerprint density at radius 2 is 1.96 bits per heavy atom. The molecule has 2 aromatic carbocycles. The minimum atomic E-state index is -0.307. The number of nitrogens with one attached hydrogen (secondary N) is 1. The predicted molar refractivity (Wildman–Crippen MR) is 103 cm³/mol. The number of benzodiazepines with no additional fused rings is 1. The topological polar surface area (TPSA) is 24.4 Å². The molecule has 1 unspecified atom stereocenters. The number of halogens is 2. The van der Waals surface area contributed by atoms with E-state index < -0.39 is 0 Å². The van der Waals surface area contributed by atoms with Crippen molar-refractivity contribution < 1.29 is 4.39 Å². The lowest BCUT2D eigenvalue weighted by Crippen LogP contribution is -2.25. The highest BCUT2D eigenvalue weighted by Gasteiger charge is 2.25. The van der Waals surface area contributed by atoms with Crippen molar-refractivity contribution in [3.63, 3.8) is 0 Å². The third-order valence-corrected chi connectivity index (χ3v) is 4.52. The van der Waals surface area contributed by atoms with Gasteiger partial charge in [-0.1, -0.05) is 49.8 Å². The lowest BCUT2D eigenvalue weighted by atomic mass is 9.99. The number of hydrogen-bond donors (Lipinski definition) is 1. The molecule has 2 aromatic rings. The van der Waals surface area contributed by atoms with Crippen molar-refractivity contribution in [3.05, 3.63) is 64.4 Å². The molecule has 2 nitrogen and oxygen atoms in total. The van der Waals surface area contributed by atoms with Gasteiger partial charge in [0.1, 0.15) is 16.8 Å². The number of nitrogens with zero attached hydrogens (tertiary/aromatic N) is 1. The Morgan fingerprint density at radius 1 is 1.21 bits per heavy atom. The van der Waals surface area contributed by atoms with E-state index in [1.807, 2.05) is 6.07 Å². The number of fused-ring (bicyclic) bond motifs is 1. The second kappa shape index (κ2) is 6.99. The molecule has 1 aliphatic rings. The van der Waals surface area contributed by atoms with Gasteiger partial charge in [-0.25, -0.2) is 4.39 Å². The van der Waals surface area contributed by atoms with E-state index in [1.54, 1.807) is 30.3 Å². The minimum absolute atomic E-state index is 0.194. The molecule has 0 aromatic heterocycles. The number of hydrogen-bond acceptors (Lipinski definition) is 2. The van der Waals surface area contributed by atoms with Crippen molar-refractivity contribution in [2.45, 2.75) is 26.3 Å². The predicted octanol–water partition coefficient (Wildman–Crippen LogP) is 5.48. The molecule has 0 aliphatic carbocycles.